The second kappa shape index (κ2) is 7.76. The summed E-state index contributed by atoms with van der Waals surface area (Å²) >= 11 is 1.63. The zero-order valence-electron chi connectivity index (χ0n) is 14.5. The fraction of sp³-hybridized carbons (Fsp3) is 0.250. The number of thiophene rings is 1. The van der Waals surface area contributed by atoms with Gasteiger partial charge < -0.3 is 19.0 Å². The number of benzene rings is 1. The summed E-state index contributed by atoms with van der Waals surface area (Å²) in [5.41, 5.74) is 2.70. The second-order valence-corrected chi connectivity index (χ2v) is 7.22. The second-order valence-electron chi connectivity index (χ2n) is 6.30. The van der Waals surface area contributed by atoms with E-state index in [1.807, 2.05) is 47.8 Å². The predicted molar refractivity (Wildman–Crippen MR) is 102 cm³/mol. The van der Waals surface area contributed by atoms with Gasteiger partial charge in [0.25, 0.3) is 0 Å². The quantitative estimate of drug-likeness (QED) is 0.477. The first-order chi connectivity index (χ1) is 12.8. The fourth-order valence-electron chi connectivity index (χ4n) is 2.75. The molecule has 0 saturated heterocycles. The van der Waals surface area contributed by atoms with Crippen LogP contribution in [0.15, 0.2) is 63.0 Å². The Bertz CT molecular complexity index is 958. The normalized spacial score (nSPS) is 12.5. The largest absolute Gasteiger partial charge is 0.493 e. The van der Waals surface area contributed by atoms with Gasteiger partial charge in [0, 0.05) is 18.0 Å². The van der Waals surface area contributed by atoms with E-state index in [9.17, 15) is 0 Å². The van der Waals surface area contributed by atoms with Crippen molar-refractivity contribution in [3.63, 3.8) is 0 Å². The van der Waals surface area contributed by atoms with Crippen LogP contribution in [0.2, 0.25) is 0 Å². The number of hydrogen-bond donors (Lipinski definition) is 1. The standard InChI is InChI=1S/C20H20N2O3S/c1-14(11-21-12-17-6-3-8-23-17)13-24-16-5-2-4-15(10-16)19-20-18(25-22-19)7-9-26-20/h2-10,14,21H,11-13H2,1H3. The zero-order chi connectivity index (χ0) is 17.8. The van der Waals surface area contributed by atoms with Crippen molar-refractivity contribution in [1.29, 1.82) is 0 Å². The molecule has 1 N–H and O–H groups in total. The van der Waals surface area contributed by atoms with Crippen molar-refractivity contribution in [2.24, 2.45) is 5.92 Å². The van der Waals surface area contributed by atoms with Crippen LogP contribution >= 0.6 is 11.3 Å². The molecule has 26 heavy (non-hydrogen) atoms. The van der Waals surface area contributed by atoms with Gasteiger partial charge in [-0.1, -0.05) is 24.2 Å². The summed E-state index contributed by atoms with van der Waals surface area (Å²) in [5.74, 6) is 2.16. The highest BCUT2D eigenvalue weighted by atomic mass is 32.1. The Hall–Kier alpha value is -2.57. The molecule has 3 aromatic heterocycles. The lowest BCUT2D eigenvalue weighted by Gasteiger charge is -2.14. The molecule has 6 heteroatoms. The molecule has 1 unspecified atom stereocenters. The van der Waals surface area contributed by atoms with E-state index in [-0.39, 0.29) is 0 Å². The summed E-state index contributed by atoms with van der Waals surface area (Å²) in [6.07, 6.45) is 1.69. The van der Waals surface area contributed by atoms with E-state index >= 15 is 0 Å². The summed E-state index contributed by atoms with van der Waals surface area (Å²) in [7, 11) is 0. The van der Waals surface area contributed by atoms with Gasteiger partial charge in [0.2, 0.25) is 0 Å². The first kappa shape index (κ1) is 16.9. The van der Waals surface area contributed by atoms with Crippen LogP contribution < -0.4 is 10.1 Å². The summed E-state index contributed by atoms with van der Waals surface area (Å²) in [4.78, 5) is 0. The molecule has 0 radical (unpaired) electrons. The molecule has 3 heterocycles. The third-order valence-corrected chi connectivity index (χ3v) is 5.00. The molecule has 1 aromatic carbocycles. The van der Waals surface area contributed by atoms with Gasteiger partial charge in [-0.2, -0.15) is 0 Å². The monoisotopic (exact) mass is 368 g/mol. The molecule has 4 aromatic rings. The Kier molecular flexibility index (Phi) is 5.04. The fourth-order valence-corrected chi connectivity index (χ4v) is 3.56. The van der Waals surface area contributed by atoms with Crippen LogP contribution in [0.25, 0.3) is 21.5 Å². The summed E-state index contributed by atoms with van der Waals surface area (Å²) in [5, 5.41) is 9.58. The van der Waals surface area contributed by atoms with Crippen molar-refractivity contribution in [2.75, 3.05) is 13.2 Å². The number of rotatable bonds is 8. The summed E-state index contributed by atoms with van der Waals surface area (Å²) in [6, 6.07) is 13.8. The summed E-state index contributed by atoms with van der Waals surface area (Å²) in [6.45, 7) is 4.39. The Balaban J connectivity index is 1.33. The third kappa shape index (κ3) is 3.81. The maximum Gasteiger partial charge on any atom is 0.178 e. The van der Waals surface area contributed by atoms with Gasteiger partial charge in [-0.15, -0.1) is 11.3 Å². The number of furan rings is 1. The smallest absolute Gasteiger partial charge is 0.178 e. The molecule has 4 rings (SSSR count). The van der Waals surface area contributed by atoms with Gasteiger partial charge in [-0.3, -0.25) is 0 Å². The van der Waals surface area contributed by atoms with E-state index in [0.717, 1.165) is 46.1 Å². The molecule has 134 valence electrons. The molecule has 0 bridgehead atoms. The minimum absolute atomic E-state index is 0.379. The Morgan fingerprint density at radius 1 is 1.23 bits per heavy atom. The van der Waals surface area contributed by atoms with Crippen LogP contribution in [0.4, 0.5) is 0 Å². The number of fused-ring (bicyclic) bond motifs is 1. The predicted octanol–water partition coefficient (Wildman–Crippen LogP) is 4.95. The van der Waals surface area contributed by atoms with Crippen molar-refractivity contribution in [3.05, 3.63) is 59.9 Å². The van der Waals surface area contributed by atoms with Crippen LogP contribution in [0.1, 0.15) is 12.7 Å². The number of nitrogens with zero attached hydrogens (tertiary/aromatic N) is 1. The van der Waals surface area contributed by atoms with E-state index in [2.05, 4.69) is 17.4 Å². The molecule has 0 aliphatic heterocycles. The average molecular weight is 368 g/mol. The van der Waals surface area contributed by atoms with Gasteiger partial charge in [-0.05, 0) is 35.7 Å². The maximum absolute atomic E-state index is 5.97. The first-order valence-corrected chi connectivity index (χ1v) is 9.47. The molecule has 0 aliphatic carbocycles. The Morgan fingerprint density at radius 3 is 3.08 bits per heavy atom. The highest BCUT2D eigenvalue weighted by Gasteiger charge is 2.12. The van der Waals surface area contributed by atoms with E-state index in [4.69, 9.17) is 13.7 Å². The third-order valence-electron chi connectivity index (χ3n) is 4.09. The van der Waals surface area contributed by atoms with Crippen molar-refractivity contribution >= 4 is 21.6 Å². The molecule has 5 nitrogen and oxygen atoms in total. The van der Waals surface area contributed by atoms with Gasteiger partial charge in [-0.25, -0.2) is 0 Å². The molecular weight excluding hydrogens is 348 g/mol. The van der Waals surface area contributed by atoms with Gasteiger partial charge in [0.05, 0.1) is 19.4 Å². The highest BCUT2D eigenvalue weighted by Crippen LogP contribution is 2.33. The van der Waals surface area contributed by atoms with E-state index in [1.54, 1.807) is 17.6 Å². The lowest BCUT2D eigenvalue weighted by Crippen LogP contribution is -2.24. The van der Waals surface area contributed by atoms with Crippen LogP contribution in [-0.2, 0) is 6.54 Å². The molecular formula is C20H20N2O3S. The number of hydrogen-bond acceptors (Lipinski definition) is 6. The molecule has 0 amide bonds. The van der Waals surface area contributed by atoms with Gasteiger partial charge >= 0.3 is 0 Å². The lowest BCUT2D eigenvalue weighted by molar-refractivity contribution is 0.254. The van der Waals surface area contributed by atoms with Crippen LogP contribution in [0.5, 0.6) is 5.75 Å². The summed E-state index contributed by atoms with van der Waals surface area (Å²) < 4.78 is 17.7. The van der Waals surface area contributed by atoms with E-state index in [1.165, 1.54) is 0 Å². The topological polar surface area (TPSA) is 60.4 Å². The minimum Gasteiger partial charge on any atom is -0.493 e. The SMILES string of the molecule is CC(CNCc1ccco1)COc1cccc(-c2noc3ccsc23)c1. The van der Waals surface area contributed by atoms with E-state index in [0.29, 0.717) is 12.5 Å². The Morgan fingerprint density at radius 2 is 2.19 bits per heavy atom. The first-order valence-electron chi connectivity index (χ1n) is 8.59. The average Bonchev–Trinajstić information content (AvgIpc) is 3.38. The van der Waals surface area contributed by atoms with Crippen LogP contribution in [-0.4, -0.2) is 18.3 Å². The highest BCUT2D eigenvalue weighted by molar-refractivity contribution is 7.17. The van der Waals surface area contributed by atoms with Gasteiger partial charge in [0.1, 0.15) is 21.9 Å². The molecule has 0 spiro atoms. The number of ether oxygens (including phenoxy) is 1. The molecule has 0 fully saturated rings. The zero-order valence-corrected chi connectivity index (χ0v) is 15.3. The Labute approximate surface area is 155 Å². The molecule has 0 saturated carbocycles. The van der Waals surface area contributed by atoms with Crippen molar-refractivity contribution < 1.29 is 13.7 Å². The molecule has 1 atom stereocenters. The number of aromatic nitrogens is 1. The van der Waals surface area contributed by atoms with Crippen LogP contribution in [0, 0.1) is 5.92 Å². The number of nitrogens with one attached hydrogen (secondary N) is 1. The van der Waals surface area contributed by atoms with E-state index < -0.39 is 0 Å². The van der Waals surface area contributed by atoms with Crippen molar-refractivity contribution in [1.82, 2.24) is 10.5 Å². The molecule has 0 aliphatic rings. The van der Waals surface area contributed by atoms with Gasteiger partial charge in [0.15, 0.2) is 5.58 Å². The van der Waals surface area contributed by atoms with Crippen molar-refractivity contribution in [3.8, 4) is 17.0 Å². The van der Waals surface area contributed by atoms with Crippen molar-refractivity contribution in [2.45, 2.75) is 13.5 Å². The lowest BCUT2D eigenvalue weighted by atomic mass is 10.1. The minimum atomic E-state index is 0.379. The maximum atomic E-state index is 5.97. The van der Waals surface area contributed by atoms with Crippen LogP contribution in [0.3, 0.4) is 0 Å².